The molecule has 6 nitrogen and oxygen atoms in total. The van der Waals surface area contributed by atoms with E-state index < -0.39 is 6.10 Å². The first kappa shape index (κ1) is 21.0. The number of nitrogens with zero attached hydrogens (tertiary/aromatic N) is 3. The second-order valence-electron chi connectivity index (χ2n) is 9.01. The van der Waals surface area contributed by atoms with Crippen molar-refractivity contribution in [3.05, 3.63) is 71.8 Å². The zero-order valence-corrected chi connectivity index (χ0v) is 18.4. The first-order chi connectivity index (χ1) is 14.8. The molecule has 0 radical (unpaired) electrons. The number of aromatic nitrogens is 3. The van der Waals surface area contributed by atoms with Gasteiger partial charge in [0.05, 0.1) is 11.7 Å². The van der Waals surface area contributed by atoms with Crippen LogP contribution in [0.3, 0.4) is 0 Å². The van der Waals surface area contributed by atoms with Gasteiger partial charge < -0.3 is 10.1 Å². The van der Waals surface area contributed by atoms with Crippen molar-refractivity contribution >= 4 is 5.91 Å². The maximum absolute atomic E-state index is 12.9. The predicted octanol–water partition coefficient (Wildman–Crippen LogP) is 4.44. The minimum Gasteiger partial charge on any atom is -0.481 e. The number of rotatable bonds is 5. The Morgan fingerprint density at radius 1 is 1.16 bits per heavy atom. The van der Waals surface area contributed by atoms with E-state index in [9.17, 15) is 4.79 Å². The lowest BCUT2D eigenvalue weighted by Crippen LogP contribution is -2.42. The summed E-state index contributed by atoms with van der Waals surface area (Å²) in [5.74, 6) is 1.22. The Bertz CT molecular complexity index is 1060. The molecule has 2 atom stereocenters. The van der Waals surface area contributed by atoms with Crippen LogP contribution in [-0.2, 0) is 11.2 Å². The number of hydrogen-bond donors (Lipinski definition) is 1. The molecular formula is C25H28N4O2. The van der Waals surface area contributed by atoms with Crippen LogP contribution in [0.5, 0.6) is 5.75 Å². The zero-order valence-electron chi connectivity index (χ0n) is 18.4. The van der Waals surface area contributed by atoms with E-state index in [1.165, 1.54) is 0 Å². The second-order valence-corrected chi connectivity index (χ2v) is 9.01. The fraction of sp³-hybridized carbons (Fsp3) is 0.360. The number of nitrogens with one attached hydrogen (secondary N) is 1. The fourth-order valence-electron chi connectivity index (χ4n) is 3.98. The molecule has 0 saturated heterocycles. The molecular weight excluding hydrogens is 388 g/mol. The first-order valence-electron chi connectivity index (χ1n) is 10.6. The Kier molecular flexibility index (Phi) is 5.72. The highest BCUT2D eigenvalue weighted by Crippen LogP contribution is 2.40. The van der Waals surface area contributed by atoms with Crippen LogP contribution in [0, 0.1) is 12.3 Å². The normalized spacial score (nSPS) is 18.0. The van der Waals surface area contributed by atoms with Crippen LogP contribution < -0.4 is 10.1 Å². The van der Waals surface area contributed by atoms with E-state index >= 15 is 0 Å². The molecule has 1 amide bonds. The molecule has 0 fully saturated rings. The molecule has 1 aliphatic rings. The summed E-state index contributed by atoms with van der Waals surface area (Å²) >= 11 is 0. The minimum absolute atomic E-state index is 0.00979. The highest BCUT2D eigenvalue weighted by molar-refractivity contribution is 5.81. The summed E-state index contributed by atoms with van der Waals surface area (Å²) < 4.78 is 5.84. The van der Waals surface area contributed by atoms with Crippen LogP contribution in [0.2, 0.25) is 0 Å². The molecule has 1 aliphatic carbocycles. The van der Waals surface area contributed by atoms with E-state index in [0.29, 0.717) is 11.6 Å². The molecule has 2 heterocycles. The molecule has 6 heteroatoms. The topological polar surface area (TPSA) is 77.0 Å². The Balaban J connectivity index is 1.53. The number of benzene rings is 1. The minimum atomic E-state index is -0.604. The number of carbonyl (C=O) groups excluding carboxylic acids is 1. The Labute approximate surface area is 183 Å². The van der Waals surface area contributed by atoms with Crippen molar-refractivity contribution in [1.29, 1.82) is 0 Å². The number of carbonyl (C=O) groups is 1. The average molecular weight is 417 g/mol. The third-order valence-electron chi connectivity index (χ3n) is 5.64. The lowest BCUT2D eigenvalue weighted by Gasteiger charge is -2.37. The monoisotopic (exact) mass is 416 g/mol. The third kappa shape index (κ3) is 4.90. The van der Waals surface area contributed by atoms with Crippen molar-refractivity contribution in [3.63, 3.8) is 0 Å². The van der Waals surface area contributed by atoms with E-state index in [1.54, 1.807) is 19.3 Å². The van der Waals surface area contributed by atoms with Gasteiger partial charge in [0.15, 0.2) is 11.9 Å². The highest BCUT2D eigenvalue weighted by Gasteiger charge is 2.35. The van der Waals surface area contributed by atoms with Crippen molar-refractivity contribution in [2.24, 2.45) is 5.41 Å². The van der Waals surface area contributed by atoms with Crippen molar-refractivity contribution in [1.82, 2.24) is 20.3 Å². The number of amides is 1. The third-order valence-corrected chi connectivity index (χ3v) is 5.64. The van der Waals surface area contributed by atoms with Gasteiger partial charge in [-0.1, -0.05) is 31.5 Å². The van der Waals surface area contributed by atoms with E-state index in [4.69, 9.17) is 9.72 Å². The van der Waals surface area contributed by atoms with Gasteiger partial charge in [0.2, 0.25) is 0 Å². The van der Waals surface area contributed by atoms with Crippen LogP contribution in [0.1, 0.15) is 50.1 Å². The molecule has 2 aromatic heterocycles. The van der Waals surface area contributed by atoms with E-state index in [0.717, 1.165) is 35.2 Å². The quantitative estimate of drug-likeness (QED) is 0.665. The largest absolute Gasteiger partial charge is 0.481 e. The summed E-state index contributed by atoms with van der Waals surface area (Å²) in [6.45, 7) is 8.20. The highest BCUT2D eigenvalue weighted by atomic mass is 16.5. The molecule has 0 spiro atoms. The van der Waals surface area contributed by atoms with E-state index in [-0.39, 0.29) is 17.4 Å². The van der Waals surface area contributed by atoms with Crippen molar-refractivity contribution in [2.75, 3.05) is 0 Å². The van der Waals surface area contributed by atoms with Gasteiger partial charge in [-0.15, -0.1) is 0 Å². The van der Waals surface area contributed by atoms with Gasteiger partial charge in [0.25, 0.3) is 5.91 Å². The fourth-order valence-corrected chi connectivity index (χ4v) is 3.98. The average Bonchev–Trinajstić information content (AvgIpc) is 2.74. The second kappa shape index (κ2) is 8.46. The summed E-state index contributed by atoms with van der Waals surface area (Å²) in [5, 5.41) is 3.17. The Hall–Kier alpha value is -3.28. The summed E-state index contributed by atoms with van der Waals surface area (Å²) in [5.41, 5.74) is 4.05. The molecule has 1 N–H and O–H groups in total. The van der Waals surface area contributed by atoms with Gasteiger partial charge in [-0.25, -0.2) is 9.97 Å². The molecule has 1 aromatic carbocycles. The summed E-state index contributed by atoms with van der Waals surface area (Å²) in [4.78, 5) is 26.4. The maximum Gasteiger partial charge on any atom is 0.261 e. The van der Waals surface area contributed by atoms with Gasteiger partial charge >= 0.3 is 0 Å². The van der Waals surface area contributed by atoms with Crippen LogP contribution in [0.15, 0.2) is 55.0 Å². The molecule has 4 rings (SSSR count). The predicted molar refractivity (Wildman–Crippen MR) is 120 cm³/mol. The molecule has 0 aliphatic heterocycles. The van der Waals surface area contributed by atoms with Gasteiger partial charge in [-0.05, 0) is 56.4 Å². The first-order valence-corrected chi connectivity index (χ1v) is 10.6. The lowest BCUT2D eigenvalue weighted by molar-refractivity contribution is -0.128. The van der Waals surface area contributed by atoms with E-state index in [1.807, 2.05) is 49.5 Å². The Morgan fingerprint density at radius 2 is 1.87 bits per heavy atom. The molecule has 31 heavy (non-hydrogen) atoms. The number of ether oxygens (including phenoxy) is 1. The van der Waals surface area contributed by atoms with Gasteiger partial charge in [0, 0.05) is 29.7 Å². The van der Waals surface area contributed by atoms with Gasteiger partial charge in [0.1, 0.15) is 5.75 Å². The molecule has 0 bridgehead atoms. The number of pyridine rings is 1. The van der Waals surface area contributed by atoms with Crippen LogP contribution in [-0.4, -0.2) is 27.0 Å². The maximum atomic E-state index is 12.9. The molecule has 0 unspecified atom stereocenters. The van der Waals surface area contributed by atoms with Gasteiger partial charge in [-0.3, -0.25) is 9.78 Å². The van der Waals surface area contributed by atoms with Gasteiger partial charge in [-0.2, -0.15) is 0 Å². The van der Waals surface area contributed by atoms with Crippen molar-refractivity contribution < 1.29 is 9.53 Å². The summed E-state index contributed by atoms with van der Waals surface area (Å²) in [7, 11) is 0. The number of hydrogen-bond acceptors (Lipinski definition) is 5. The Morgan fingerprint density at radius 3 is 2.58 bits per heavy atom. The number of aryl methyl sites for hydroxylation is 1. The van der Waals surface area contributed by atoms with Crippen molar-refractivity contribution in [3.8, 4) is 17.1 Å². The number of fused-ring (bicyclic) bond motifs is 1. The summed E-state index contributed by atoms with van der Waals surface area (Å²) in [6, 6.07) is 11.4. The molecule has 0 saturated carbocycles. The SMILES string of the molecule is Cc1ccc(O[C@H](C)C(=O)N[C@@H]2CC(C)(C)Cc3nc(-c4ccncc4)ncc32)cc1. The standard InChI is InChI=1S/C25H28N4O2/c1-16-5-7-19(8-6-16)31-17(2)24(30)29-22-14-25(3,4)13-21-20(22)15-27-23(28-21)18-9-11-26-12-10-18/h5-12,15,17,22H,13-14H2,1-4H3,(H,29,30)/t17-,22-/m1/s1. The van der Waals surface area contributed by atoms with Crippen molar-refractivity contribution in [2.45, 2.75) is 52.7 Å². The van der Waals surface area contributed by atoms with E-state index in [2.05, 4.69) is 29.1 Å². The van der Waals surface area contributed by atoms with Crippen LogP contribution >= 0.6 is 0 Å². The zero-order chi connectivity index (χ0) is 22.0. The summed E-state index contributed by atoms with van der Waals surface area (Å²) in [6.07, 6.45) is 6.38. The smallest absolute Gasteiger partial charge is 0.261 e. The lowest BCUT2D eigenvalue weighted by atomic mass is 9.74. The molecule has 3 aromatic rings. The van der Waals surface area contributed by atoms with Crippen LogP contribution in [0.25, 0.3) is 11.4 Å². The molecule has 160 valence electrons. The van der Waals surface area contributed by atoms with Crippen LogP contribution in [0.4, 0.5) is 0 Å².